The van der Waals surface area contributed by atoms with E-state index in [1.165, 1.54) is 6.42 Å². The summed E-state index contributed by atoms with van der Waals surface area (Å²) in [4.78, 5) is 16.8. The second kappa shape index (κ2) is 5.51. The lowest BCUT2D eigenvalue weighted by Crippen LogP contribution is -2.36. The summed E-state index contributed by atoms with van der Waals surface area (Å²) in [7, 11) is 0. The molecule has 0 amide bonds. The third-order valence-corrected chi connectivity index (χ3v) is 5.87. The highest BCUT2D eigenvalue weighted by atomic mass is 32.1. The van der Waals surface area contributed by atoms with Crippen LogP contribution in [0.5, 0.6) is 0 Å². The summed E-state index contributed by atoms with van der Waals surface area (Å²) in [5.74, 6) is 0.0890. The first-order valence-electron chi connectivity index (χ1n) is 8.00. The van der Waals surface area contributed by atoms with Crippen molar-refractivity contribution in [3.8, 4) is 11.3 Å². The van der Waals surface area contributed by atoms with E-state index < -0.39 is 0 Å². The van der Waals surface area contributed by atoms with Gasteiger partial charge in [-0.15, -0.1) is 11.3 Å². The number of ether oxygens (including phenoxy) is 1. The molecule has 0 unspecified atom stereocenters. The van der Waals surface area contributed by atoms with Crippen molar-refractivity contribution in [2.75, 3.05) is 0 Å². The summed E-state index contributed by atoms with van der Waals surface area (Å²) in [6.07, 6.45) is 6.02. The molecule has 2 fully saturated rings. The summed E-state index contributed by atoms with van der Waals surface area (Å²) in [5, 5.41) is 3.16. The van der Waals surface area contributed by atoms with Gasteiger partial charge in [0.2, 0.25) is 0 Å². The second-order valence-corrected chi connectivity index (χ2v) is 7.18. The smallest absolute Gasteiger partial charge is 0.307 e. The Hall–Kier alpha value is -1.68. The highest BCUT2D eigenvalue weighted by molar-refractivity contribution is 7.10. The molecular weight excluding hydrogens is 294 g/mol. The van der Waals surface area contributed by atoms with Crippen molar-refractivity contribution in [3.05, 3.63) is 40.7 Å². The van der Waals surface area contributed by atoms with E-state index in [-0.39, 0.29) is 17.5 Å². The zero-order valence-electron chi connectivity index (χ0n) is 12.5. The van der Waals surface area contributed by atoms with Gasteiger partial charge >= 0.3 is 5.97 Å². The van der Waals surface area contributed by atoms with E-state index in [9.17, 15) is 4.79 Å². The fraction of sp³-hybridized carbons (Fsp3) is 0.444. The molecule has 1 atom stereocenters. The Balaban J connectivity index is 1.66. The predicted molar refractivity (Wildman–Crippen MR) is 86.8 cm³/mol. The second-order valence-electron chi connectivity index (χ2n) is 6.29. The van der Waals surface area contributed by atoms with Crippen LogP contribution in [0.2, 0.25) is 0 Å². The average Bonchev–Trinajstić information content (AvgIpc) is 3.14. The minimum absolute atomic E-state index is 0.0524. The van der Waals surface area contributed by atoms with Gasteiger partial charge in [-0.1, -0.05) is 36.8 Å². The number of nitrogens with zero attached hydrogens (tertiary/aromatic N) is 1. The largest absolute Gasteiger partial charge is 0.458 e. The number of aromatic nitrogens is 1. The Morgan fingerprint density at radius 3 is 2.68 bits per heavy atom. The van der Waals surface area contributed by atoms with Gasteiger partial charge in [-0.05, 0) is 25.7 Å². The molecule has 0 bridgehead atoms. The Labute approximate surface area is 134 Å². The maximum Gasteiger partial charge on any atom is 0.307 e. The van der Waals surface area contributed by atoms with E-state index in [1.807, 2.05) is 18.2 Å². The van der Waals surface area contributed by atoms with E-state index >= 15 is 0 Å². The van der Waals surface area contributed by atoms with E-state index in [4.69, 9.17) is 9.72 Å². The summed E-state index contributed by atoms with van der Waals surface area (Å²) in [6, 6.07) is 10.2. The summed E-state index contributed by atoms with van der Waals surface area (Å²) in [5.41, 5.74) is 1.86. The lowest BCUT2D eigenvalue weighted by Gasteiger charge is -2.35. The zero-order chi connectivity index (χ0) is 15.0. The van der Waals surface area contributed by atoms with E-state index in [1.54, 1.807) is 11.3 Å². The SMILES string of the molecule is O=C1C[C@H](c2nc(-c3ccccc3)cs2)C2(CCCCC2)O1. The van der Waals surface area contributed by atoms with Crippen LogP contribution in [0, 0.1) is 0 Å². The molecule has 1 saturated carbocycles. The van der Waals surface area contributed by atoms with E-state index in [2.05, 4.69) is 17.5 Å². The van der Waals surface area contributed by atoms with Crippen LogP contribution in [-0.2, 0) is 9.53 Å². The van der Waals surface area contributed by atoms with Gasteiger partial charge in [-0.25, -0.2) is 4.98 Å². The Kier molecular flexibility index (Phi) is 3.49. The minimum atomic E-state index is -0.277. The first kappa shape index (κ1) is 13.9. The van der Waals surface area contributed by atoms with Gasteiger partial charge in [-0.3, -0.25) is 4.79 Å². The monoisotopic (exact) mass is 313 g/mol. The zero-order valence-corrected chi connectivity index (χ0v) is 13.3. The van der Waals surface area contributed by atoms with Crippen molar-refractivity contribution < 1.29 is 9.53 Å². The van der Waals surface area contributed by atoms with Crippen LogP contribution in [-0.4, -0.2) is 16.6 Å². The molecule has 1 aliphatic heterocycles. The minimum Gasteiger partial charge on any atom is -0.458 e. The standard InChI is InChI=1S/C18H19NO2S/c20-16-11-14(18(21-16)9-5-2-6-10-18)17-19-15(12-22-17)13-7-3-1-4-8-13/h1,3-4,7-8,12,14H,2,5-6,9-11H2/t14-/m1/s1. The third-order valence-electron chi connectivity index (χ3n) is 4.91. The van der Waals surface area contributed by atoms with Gasteiger partial charge in [0.05, 0.1) is 18.0 Å². The van der Waals surface area contributed by atoms with E-state index in [0.717, 1.165) is 41.9 Å². The quantitative estimate of drug-likeness (QED) is 0.764. The first-order chi connectivity index (χ1) is 10.8. The molecule has 2 aliphatic rings. The molecule has 1 aromatic heterocycles. The topological polar surface area (TPSA) is 39.2 Å². The maximum atomic E-state index is 11.9. The van der Waals surface area contributed by atoms with Crippen LogP contribution in [0.4, 0.5) is 0 Å². The van der Waals surface area contributed by atoms with Crippen molar-refractivity contribution in [2.45, 2.75) is 50.0 Å². The van der Waals surface area contributed by atoms with Crippen LogP contribution in [0.1, 0.15) is 49.5 Å². The van der Waals surface area contributed by atoms with Crippen molar-refractivity contribution >= 4 is 17.3 Å². The summed E-state index contributed by atoms with van der Waals surface area (Å²) in [6.45, 7) is 0. The van der Waals surface area contributed by atoms with Gasteiger partial charge < -0.3 is 4.74 Å². The first-order valence-corrected chi connectivity index (χ1v) is 8.87. The highest BCUT2D eigenvalue weighted by Gasteiger charge is 2.51. The lowest BCUT2D eigenvalue weighted by molar-refractivity contribution is -0.151. The fourth-order valence-corrected chi connectivity index (χ4v) is 4.83. The molecule has 3 nitrogen and oxygen atoms in total. The maximum absolute atomic E-state index is 11.9. The number of hydrogen-bond donors (Lipinski definition) is 0. The summed E-state index contributed by atoms with van der Waals surface area (Å²) < 4.78 is 5.80. The van der Waals surface area contributed by atoms with Crippen LogP contribution >= 0.6 is 11.3 Å². The number of carbonyl (C=O) groups excluding carboxylic acids is 1. The molecule has 4 heteroatoms. The van der Waals surface area contributed by atoms with Gasteiger partial charge in [0.15, 0.2) is 0 Å². The van der Waals surface area contributed by atoms with Gasteiger partial charge in [0.25, 0.3) is 0 Å². The van der Waals surface area contributed by atoms with Crippen LogP contribution < -0.4 is 0 Å². The number of hydrogen-bond acceptors (Lipinski definition) is 4. The van der Waals surface area contributed by atoms with Gasteiger partial charge in [-0.2, -0.15) is 0 Å². The highest BCUT2D eigenvalue weighted by Crippen LogP contribution is 2.50. The molecule has 2 heterocycles. The molecule has 1 aliphatic carbocycles. The molecular formula is C18H19NO2S. The number of esters is 1. The van der Waals surface area contributed by atoms with Crippen LogP contribution in [0.3, 0.4) is 0 Å². The lowest BCUT2D eigenvalue weighted by atomic mass is 9.76. The molecule has 1 aromatic carbocycles. The van der Waals surface area contributed by atoms with E-state index in [0.29, 0.717) is 6.42 Å². The number of benzene rings is 1. The molecule has 22 heavy (non-hydrogen) atoms. The van der Waals surface area contributed by atoms with Crippen LogP contribution in [0.25, 0.3) is 11.3 Å². The van der Waals surface area contributed by atoms with Gasteiger partial charge in [0, 0.05) is 10.9 Å². The average molecular weight is 313 g/mol. The van der Waals surface area contributed by atoms with Crippen molar-refractivity contribution in [1.82, 2.24) is 4.98 Å². The third kappa shape index (κ3) is 2.35. The molecule has 4 rings (SSSR count). The Morgan fingerprint density at radius 1 is 1.14 bits per heavy atom. The normalized spacial score (nSPS) is 23.6. The van der Waals surface area contributed by atoms with Crippen molar-refractivity contribution in [2.24, 2.45) is 0 Å². The fourth-order valence-electron chi connectivity index (χ4n) is 3.79. The van der Waals surface area contributed by atoms with Crippen LogP contribution in [0.15, 0.2) is 35.7 Å². The molecule has 0 N–H and O–H groups in total. The molecule has 0 radical (unpaired) electrons. The van der Waals surface area contributed by atoms with Crippen molar-refractivity contribution in [1.29, 1.82) is 0 Å². The molecule has 1 spiro atoms. The Morgan fingerprint density at radius 2 is 1.91 bits per heavy atom. The molecule has 114 valence electrons. The molecule has 2 aromatic rings. The Bertz CT molecular complexity index is 673. The van der Waals surface area contributed by atoms with Crippen molar-refractivity contribution in [3.63, 3.8) is 0 Å². The number of carbonyl (C=O) groups is 1. The van der Waals surface area contributed by atoms with Gasteiger partial charge in [0.1, 0.15) is 10.6 Å². The number of rotatable bonds is 2. The molecule has 1 saturated heterocycles. The summed E-state index contributed by atoms with van der Waals surface area (Å²) >= 11 is 1.67. The number of thiazole rings is 1. The predicted octanol–water partition coefficient (Wildman–Crippen LogP) is 4.54.